The van der Waals surface area contributed by atoms with Gasteiger partial charge in [-0.25, -0.2) is 4.98 Å². The van der Waals surface area contributed by atoms with Crippen LogP contribution in [0.15, 0.2) is 17.2 Å². The van der Waals surface area contributed by atoms with Crippen LogP contribution in [-0.4, -0.2) is 16.6 Å². The molecule has 3 heteroatoms. The maximum Gasteiger partial charge on any atom is 0.0963 e. The minimum absolute atomic E-state index is 0.748. The summed E-state index contributed by atoms with van der Waals surface area (Å²) < 4.78 is 0. The third-order valence-electron chi connectivity index (χ3n) is 2.43. The van der Waals surface area contributed by atoms with Gasteiger partial charge in [0.2, 0.25) is 0 Å². The van der Waals surface area contributed by atoms with Gasteiger partial charge in [-0.1, -0.05) is 6.07 Å². The Morgan fingerprint density at radius 3 is 3.14 bits per heavy atom. The Balaban J connectivity index is 1.98. The van der Waals surface area contributed by atoms with Crippen molar-refractivity contribution in [2.24, 2.45) is 0 Å². The van der Waals surface area contributed by atoms with Crippen LogP contribution < -0.4 is 0 Å². The van der Waals surface area contributed by atoms with Crippen molar-refractivity contribution in [3.8, 4) is 0 Å². The van der Waals surface area contributed by atoms with E-state index in [1.165, 1.54) is 30.5 Å². The molecule has 0 saturated carbocycles. The van der Waals surface area contributed by atoms with Gasteiger partial charge in [0.1, 0.15) is 0 Å². The first kappa shape index (κ1) is 10.3. The highest BCUT2D eigenvalue weighted by atomic mass is 35.5. The van der Waals surface area contributed by atoms with Gasteiger partial charge in [0.25, 0.3) is 0 Å². The average Bonchev–Trinajstić information content (AvgIpc) is 2.65. The predicted molar refractivity (Wildman–Crippen MR) is 62.3 cm³/mol. The summed E-state index contributed by atoms with van der Waals surface area (Å²) in [7, 11) is 0. The first-order valence-corrected chi connectivity index (χ1v) is 6.60. The van der Waals surface area contributed by atoms with Crippen LogP contribution in [0, 0.1) is 0 Å². The Morgan fingerprint density at radius 2 is 2.29 bits per heavy atom. The van der Waals surface area contributed by atoms with Gasteiger partial charge in [-0.15, -0.1) is 23.4 Å². The Morgan fingerprint density at radius 1 is 1.36 bits per heavy atom. The second-order valence-electron chi connectivity index (χ2n) is 3.50. The molecule has 76 valence electrons. The summed E-state index contributed by atoms with van der Waals surface area (Å²) in [4.78, 5) is 4.64. The van der Waals surface area contributed by atoms with Crippen molar-refractivity contribution in [1.29, 1.82) is 0 Å². The molecule has 1 heterocycles. The summed E-state index contributed by atoms with van der Waals surface area (Å²) in [6, 6.07) is 4.38. The summed E-state index contributed by atoms with van der Waals surface area (Å²) in [6.45, 7) is 0. The maximum atomic E-state index is 5.63. The molecule has 1 aromatic rings. The fourth-order valence-electron chi connectivity index (χ4n) is 1.71. The number of aryl methyl sites for hydroxylation is 2. The number of pyridine rings is 1. The molecule has 0 atom stereocenters. The molecule has 0 amide bonds. The molecular weight excluding hydrogens is 214 g/mol. The molecule has 0 aromatic carbocycles. The molecule has 1 nitrogen and oxygen atoms in total. The Hall–Kier alpha value is -0.210. The number of rotatable bonds is 4. The van der Waals surface area contributed by atoms with Crippen LogP contribution in [0.4, 0.5) is 0 Å². The molecule has 1 aromatic heterocycles. The summed E-state index contributed by atoms with van der Waals surface area (Å²) in [5, 5.41) is 1.16. The van der Waals surface area contributed by atoms with Crippen molar-refractivity contribution in [1.82, 2.24) is 4.98 Å². The highest BCUT2D eigenvalue weighted by Gasteiger charge is 2.12. The van der Waals surface area contributed by atoms with Crippen molar-refractivity contribution in [2.45, 2.75) is 30.7 Å². The van der Waals surface area contributed by atoms with Crippen molar-refractivity contribution < 1.29 is 0 Å². The molecule has 0 aliphatic heterocycles. The summed E-state index contributed by atoms with van der Waals surface area (Å²) in [5.74, 6) is 1.83. The monoisotopic (exact) mass is 227 g/mol. The molecule has 0 bridgehead atoms. The van der Waals surface area contributed by atoms with Crippen LogP contribution in [-0.2, 0) is 12.8 Å². The third kappa shape index (κ3) is 2.43. The van der Waals surface area contributed by atoms with Crippen LogP contribution >= 0.6 is 23.4 Å². The van der Waals surface area contributed by atoms with Gasteiger partial charge >= 0.3 is 0 Å². The fraction of sp³-hybridized carbons (Fsp3) is 0.545. The zero-order valence-corrected chi connectivity index (χ0v) is 9.70. The zero-order valence-electron chi connectivity index (χ0n) is 8.13. The molecule has 0 radical (unpaired) electrons. The first-order chi connectivity index (χ1) is 6.90. The lowest BCUT2D eigenvalue weighted by molar-refractivity contribution is 0.891. The van der Waals surface area contributed by atoms with Gasteiger partial charge in [0.05, 0.1) is 5.03 Å². The lowest BCUT2D eigenvalue weighted by Gasteiger charge is -2.02. The fourth-order valence-corrected chi connectivity index (χ4v) is 2.84. The summed E-state index contributed by atoms with van der Waals surface area (Å²) >= 11 is 7.44. The number of alkyl halides is 1. The van der Waals surface area contributed by atoms with Crippen LogP contribution in [0.25, 0.3) is 0 Å². The molecule has 14 heavy (non-hydrogen) atoms. The number of aromatic nitrogens is 1. The normalized spacial score (nSPS) is 14.4. The molecule has 0 fully saturated rings. The number of hydrogen-bond acceptors (Lipinski definition) is 2. The molecule has 0 saturated heterocycles. The molecule has 2 rings (SSSR count). The van der Waals surface area contributed by atoms with Crippen molar-refractivity contribution in [2.75, 3.05) is 11.6 Å². The topological polar surface area (TPSA) is 12.9 Å². The number of fused-ring (bicyclic) bond motifs is 1. The van der Waals surface area contributed by atoms with E-state index in [0.29, 0.717) is 0 Å². The number of thioether (sulfide) groups is 1. The average molecular weight is 228 g/mol. The van der Waals surface area contributed by atoms with Crippen molar-refractivity contribution in [3.63, 3.8) is 0 Å². The lowest BCUT2D eigenvalue weighted by Crippen LogP contribution is -1.90. The summed E-state index contributed by atoms with van der Waals surface area (Å²) in [5.41, 5.74) is 2.77. The van der Waals surface area contributed by atoms with E-state index in [2.05, 4.69) is 17.1 Å². The maximum absolute atomic E-state index is 5.63. The quantitative estimate of drug-likeness (QED) is 0.445. The third-order valence-corrected chi connectivity index (χ3v) is 3.71. The Labute approximate surface area is 94.3 Å². The highest BCUT2D eigenvalue weighted by Crippen LogP contribution is 2.24. The van der Waals surface area contributed by atoms with Gasteiger partial charge < -0.3 is 0 Å². The first-order valence-electron chi connectivity index (χ1n) is 5.08. The lowest BCUT2D eigenvalue weighted by atomic mass is 10.2. The standard InChI is InChI=1S/C11H14ClNS/c12-7-2-8-14-11-6-5-9-3-1-4-10(9)13-11/h5-6H,1-4,7-8H2. The van der Waals surface area contributed by atoms with Crippen LogP contribution in [0.3, 0.4) is 0 Å². The van der Waals surface area contributed by atoms with Gasteiger partial charge in [-0.3, -0.25) is 0 Å². The van der Waals surface area contributed by atoms with Crippen LogP contribution in [0.1, 0.15) is 24.1 Å². The van der Waals surface area contributed by atoms with E-state index in [4.69, 9.17) is 11.6 Å². The van der Waals surface area contributed by atoms with Crippen LogP contribution in [0.5, 0.6) is 0 Å². The number of nitrogens with zero attached hydrogens (tertiary/aromatic N) is 1. The molecule has 0 unspecified atom stereocenters. The van der Waals surface area contributed by atoms with Crippen molar-refractivity contribution >= 4 is 23.4 Å². The van der Waals surface area contributed by atoms with E-state index in [9.17, 15) is 0 Å². The summed E-state index contributed by atoms with van der Waals surface area (Å²) in [6.07, 6.45) is 4.72. The largest absolute Gasteiger partial charge is 0.246 e. The molecule has 0 spiro atoms. The second kappa shape index (κ2) is 5.04. The smallest absolute Gasteiger partial charge is 0.0963 e. The minimum atomic E-state index is 0.748. The van der Waals surface area contributed by atoms with E-state index in [0.717, 1.165) is 23.1 Å². The minimum Gasteiger partial charge on any atom is -0.246 e. The van der Waals surface area contributed by atoms with Crippen molar-refractivity contribution in [3.05, 3.63) is 23.4 Å². The van der Waals surface area contributed by atoms with E-state index in [1.54, 1.807) is 0 Å². The zero-order chi connectivity index (χ0) is 9.80. The van der Waals surface area contributed by atoms with Crippen LogP contribution in [0.2, 0.25) is 0 Å². The van der Waals surface area contributed by atoms with E-state index in [1.807, 2.05) is 11.8 Å². The van der Waals surface area contributed by atoms with Gasteiger partial charge in [-0.2, -0.15) is 0 Å². The molecular formula is C11H14ClNS. The molecule has 1 aliphatic carbocycles. The van der Waals surface area contributed by atoms with E-state index < -0.39 is 0 Å². The number of halogens is 1. The number of hydrogen-bond donors (Lipinski definition) is 0. The second-order valence-corrected chi connectivity index (χ2v) is 4.99. The SMILES string of the molecule is ClCCCSc1ccc2c(n1)CCC2. The van der Waals surface area contributed by atoms with E-state index >= 15 is 0 Å². The molecule has 0 N–H and O–H groups in total. The van der Waals surface area contributed by atoms with E-state index in [-0.39, 0.29) is 0 Å². The predicted octanol–water partition coefficient (Wildman–Crippen LogP) is 3.29. The Kier molecular flexibility index (Phi) is 3.71. The molecule has 1 aliphatic rings. The van der Waals surface area contributed by atoms with Gasteiger partial charge in [0.15, 0.2) is 0 Å². The van der Waals surface area contributed by atoms with Gasteiger partial charge in [0, 0.05) is 17.3 Å². The highest BCUT2D eigenvalue weighted by molar-refractivity contribution is 7.99. The van der Waals surface area contributed by atoms with Gasteiger partial charge in [-0.05, 0) is 37.3 Å². The Bertz CT molecular complexity index is 314.